The molecule has 6 nitrogen and oxygen atoms in total. The Balaban J connectivity index is 2.99. The number of methoxy groups -OCH3 is 1. The van der Waals surface area contributed by atoms with Crippen LogP contribution < -0.4 is 20.6 Å². The van der Waals surface area contributed by atoms with Gasteiger partial charge in [-0.15, -0.1) is 6.42 Å². The topological polar surface area (TPSA) is 85.9 Å². The van der Waals surface area contributed by atoms with Gasteiger partial charge in [0.2, 0.25) is 0 Å². The average Bonchev–Trinajstić information content (AvgIpc) is 2.36. The molecule has 0 saturated heterocycles. The third-order valence-corrected chi connectivity index (χ3v) is 2.22. The lowest BCUT2D eigenvalue weighted by Crippen LogP contribution is -2.24. The highest BCUT2D eigenvalue weighted by atomic mass is 35.5. The van der Waals surface area contributed by atoms with Crippen LogP contribution in [0.25, 0.3) is 0 Å². The van der Waals surface area contributed by atoms with Crippen molar-refractivity contribution in [3.8, 4) is 23.8 Å². The first-order chi connectivity index (χ1) is 9.08. The van der Waals surface area contributed by atoms with Gasteiger partial charge in [0, 0.05) is 0 Å². The molecule has 2 amide bonds. The molecular weight excluding hydrogens is 270 g/mol. The minimum absolute atomic E-state index is 0.0761. The van der Waals surface area contributed by atoms with Crippen LogP contribution in [-0.2, 0) is 0 Å². The van der Waals surface area contributed by atoms with Crippen molar-refractivity contribution >= 4 is 23.8 Å². The number of carbonyl (C=O) groups excluding carboxylic acids is 1. The molecule has 0 aliphatic rings. The summed E-state index contributed by atoms with van der Waals surface area (Å²) >= 11 is 6.04. The van der Waals surface area contributed by atoms with Gasteiger partial charge in [-0.25, -0.2) is 10.2 Å². The average molecular weight is 282 g/mol. The monoisotopic (exact) mass is 281 g/mol. The number of hydrazone groups is 1. The van der Waals surface area contributed by atoms with E-state index in [0.29, 0.717) is 22.1 Å². The first-order valence-corrected chi connectivity index (χ1v) is 5.48. The highest BCUT2D eigenvalue weighted by Gasteiger charge is 2.11. The molecule has 0 unspecified atom stereocenters. The number of carbonyl (C=O) groups is 1. The van der Waals surface area contributed by atoms with E-state index in [1.54, 1.807) is 12.1 Å². The number of primary amides is 1. The van der Waals surface area contributed by atoms with Crippen LogP contribution in [0.1, 0.15) is 5.56 Å². The molecule has 1 aromatic carbocycles. The van der Waals surface area contributed by atoms with Gasteiger partial charge in [0.15, 0.2) is 11.5 Å². The van der Waals surface area contributed by atoms with Crippen molar-refractivity contribution in [3.05, 3.63) is 22.7 Å². The van der Waals surface area contributed by atoms with E-state index < -0.39 is 6.03 Å². The predicted octanol–water partition coefficient (Wildman–Crippen LogP) is 1.36. The summed E-state index contributed by atoms with van der Waals surface area (Å²) in [7, 11) is 1.47. The summed E-state index contributed by atoms with van der Waals surface area (Å²) in [6.07, 6.45) is 6.48. The minimum atomic E-state index is -0.761. The Kier molecular flexibility index (Phi) is 5.51. The van der Waals surface area contributed by atoms with Crippen LogP contribution in [0.2, 0.25) is 5.02 Å². The highest BCUT2D eigenvalue weighted by Crippen LogP contribution is 2.35. The summed E-state index contributed by atoms with van der Waals surface area (Å²) in [4.78, 5) is 10.5. The summed E-state index contributed by atoms with van der Waals surface area (Å²) < 4.78 is 10.4. The van der Waals surface area contributed by atoms with Gasteiger partial charge in [0.1, 0.15) is 6.61 Å². The molecule has 0 bridgehead atoms. The van der Waals surface area contributed by atoms with Gasteiger partial charge in [-0.05, 0) is 17.7 Å². The summed E-state index contributed by atoms with van der Waals surface area (Å²) in [5.74, 6) is 3.09. The summed E-state index contributed by atoms with van der Waals surface area (Å²) in [5, 5.41) is 3.93. The number of nitrogens with two attached hydrogens (primary N) is 1. The number of amides is 2. The number of hydrogen-bond acceptors (Lipinski definition) is 4. The third kappa shape index (κ3) is 4.41. The van der Waals surface area contributed by atoms with E-state index in [4.69, 9.17) is 33.2 Å². The molecule has 0 heterocycles. The fourth-order valence-electron chi connectivity index (χ4n) is 1.24. The van der Waals surface area contributed by atoms with E-state index in [9.17, 15) is 4.79 Å². The first-order valence-electron chi connectivity index (χ1n) is 5.10. The molecule has 0 saturated carbocycles. The number of benzene rings is 1. The molecule has 0 aromatic heterocycles. The molecule has 19 heavy (non-hydrogen) atoms. The van der Waals surface area contributed by atoms with Crippen molar-refractivity contribution in [2.75, 3.05) is 13.7 Å². The normalized spacial score (nSPS) is 9.95. The Labute approximate surface area is 115 Å². The number of nitrogens with one attached hydrogen (secondary N) is 1. The molecular formula is C12H12ClN3O3. The number of hydrogen-bond donors (Lipinski definition) is 2. The van der Waals surface area contributed by atoms with Gasteiger partial charge in [-0.1, -0.05) is 17.5 Å². The third-order valence-electron chi connectivity index (χ3n) is 1.94. The Hall–Kier alpha value is -2.39. The Morgan fingerprint density at radius 2 is 2.42 bits per heavy atom. The maximum absolute atomic E-state index is 10.5. The van der Waals surface area contributed by atoms with Crippen molar-refractivity contribution in [1.29, 1.82) is 0 Å². The molecule has 7 heteroatoms. The lowest BCUT2D eigenvalue weighted by atomic mass is 10.2. The standard InChI is InChI=1S/C12H12ClN3O3/c1-3-4-19-11-9(13)5-8(6-10(11)18-2)7-15-16-12(14)17/h1,5-7H,4H2,2H3,(H3,14,16,17)/b15-7-. The smallest absolute Gasteiger partial charge is 0.332 e. The van der Waals surface area contributed by atoms with Crippen LogP contribution in [0.4, 0.5) is 4.79 Å². The molecule has 1 aromatic rings. The second-order valence-corrected chi connectivity index (χ2v) is 3.67. The quantitative estimate of drug-likeness (QED) is 0.485. The number of halogens is 1. The van der Waals surface area contributed by atoms with Crippen LogP contribution in [-0.4, -0.2) is 26.0 Å². The summed E-state index contributed by atoms with van der Waals surface area (Å²) in [6.45, 7) is 0.0761. The molecule has 1 rings (SSSR count). The zero-order chi connectivity index (χ0) is 14.3. The van der Waals surface area contributed by atoms with Gasteiger partial charge in [-0.2, -0.15) is 5.10 Å². The Morgan fingerprint density at radius 3 is 3.00 bits per heavy atom. The predicted molar refractivity (Wildman–Crippen MR) is 72.6 cm³/mol. The van der Waals surface area contributed by atoms with Crippen molar-refractivity contribution in [3.63, 3.8) is 0 Å². The van der Waals surface area contributed by atoms with Gasteiger partial charge < -0.3 is 15.2 Å². The van der Waals surface area contributed by atoms with Crippen LogP contribution in [0, 0.1) is 12.3 Å². The second-order valence-electron chi connectivity index (χ2n) is 3.26. The first kappa shape index (κ1) is 14.7. The molecule has 0 atom stereocenters. The second kappa shape index (κ2) is 7.13. The zero-order valence-corrected chi connectivity index (χ0v) is 10.9. The minimum Gasteiger partial charge on any atom is -0.493 e. The van der Waals surface area contributed by atoms with Gasteiger partial charge in [0.25, 0.3) is 0 Å². The van der Waals surface area contributed by atoms with Crippen molar-refractivity contribution in [2.24, 2.45) is 10.8 Å². The maximum atomic E-state index is 10.5. The van der Waals surface area contributed by atoms with Crippen molar-refractivity contribution in [2.45, 2.75) is 0 Å². The number of rotatable bonds is 5. The SMILES string of the molecule is C#CCOc1c(Cl)cc(/C=N\NC(N)=O)cc1OC. The summed E-state index contributed by atoms with van der Waals surface area (Å²) in [6, 6.07) is 2.45. The molecule has 0 fully saturated rings. The number of urea groups is 1. The van der Waals surface area contributed by atoms with E-state index in [1.807, 2.05) is 0 Å². The molecule has 0 aliphatic heterocycles. The molecule has 0 spiro atoms. The highest BCUT2D eigenvalue weighted by molar-refractivity contribution is 6.32. The number of ether oxygens (including phenoxy) is 2. The van der Waals surface area contributed by atoms with Crippen molar-refractivity contribution < 1.29 is 14.3 Å². The van der Waals surface area contributed by atoms with E-state index in [1.165, 1.54) is 13.3 Å². The van der Waals surface area contributed by atoms with E-state index in [-0.39, 0.29) is 6.61 Å². The lowest BCUT2D eigenvalue weighted by Gasteiger charge is -2.11. The van der Waals surface area contributed by atoms with E-state index in [2.05, 4.69) is 16.4 Å². The lowest BCUT2D eigenvalue weighted by molar-refractivity contribution is 0.249. The number of terminal acetylenes is 1. The molecule has 0 aliphatic carbocycles. The van der Waals surface area contributed by atoms with Crippen LogP contribution >= 0.6 is 11.6 Å². The zero-order valence-electron chi connectivity index (χ0n) is 10.1. The number of nitrogens with zero attached hydrogens (tertiary/aromatic N) is 1. The van der Waals surface area contributed by atoms with Gasteiger partial charge in [-0.3, -0.25) is 0 Å². The Morgan fingerprint density at radius 1 is 1.68 bits per heavy atom. The van der Waals surface area contributed by atoms with E-state index >= 15 is 0 Å². The Bertz CT molecular complexity index is 538. The molecule has 100 valence electrons. The van der Waals surface area contributed by atoms with Crippen LogP contribution in [0.3, 0.4) is 0 Å². The van der Waals surface area contributed by atoms with Crippen LogP contribution in [0.15, 0.2) is 17.2 Å². The van der Waals surface area contributed by atoms with Crippen LogP contribution in [0.5, 0.6) is 11.5 Å². The fraction of sp³-hybridized carbons (Fsp3) is 0.167. The molecule has 0 radical (unpaired) electrons. The van der Waals surface area contributed by atoms with E-state index in [0.717, 1.165) is 0 Å². The largest absolute Gasteiger partial charge is 0.493 e. The molecule has 3 N–H and O–H groups in total. The van der Waals surface area contributed by atoms with Gasteiger partial charge >= 0.3 is 6.03 Å². The van der Waals surface area contributed by atoms with Crippen molar-refractivity contribution in [1.82, 2.24) is 5.43 Å². The van der Waals surface area contributed by atoms with Gasteiger partial charge in [0.05, 0.1) is 18.3 Å². The summed E-state index contributed by atoms with van der Waals surface area (Å²) in [5.41, 5.74) is 7.54. The maximum Gasteiger partial charge on any atom is 0.332 e. The fourth-order valence-corrected chi connectivity index (χ4v) is 1.51.